The average Bonchev–Trinajstić information content (AvgIpc) is 2.63. The average molecular weight is 227 g/mol. The molecule has 0 saturated carbocycles. The molecule has 0 aliphatic rings. The van der Waals surface area contributed by atoms with E-state index < -0.39 is 6.04 Å². The zero-order valence-electron chi connectivity index (χ0n) is 9.28. The second-order valence-electron chi connectivity index (χ2n) is 3.57. The number of hydrogen-bond donors (Lipinski definition) is 2. The fraction of sp³-hybridized carbons (Fsp3) is 0.600. The Balaban J connectivity index is 2.56. The SMILES string of the molecule is CC[C@H](N)C(=O)NC(C)c1nc(C)cs1. The Morgan fingerprint density at radius 1 is 1.73 bits per heavy atom. The summed E-state index contributed by atoms with van der Waals surface area (Å²) in [5.74, 6) is -0.113. The first-order chi connectivity index (χ1) is 7.04. The van der Waals surface area contributed by atoms with Gasteiger partial charge in [-0.3, -0.25) is 4.79 Å². The number of thiazole rings is 1. The van der Waals surface area contributed by atoms with Gasteiger partial charge in [0.2, 0.25) is 5.91 Å². The van der Waals surface area contributed by atoms with Crippen molar-refractivity contribution in [3.05, 3.63) is 16.1 Å². The molecule has 1 aromatic rings. The Morgan fingerprint density at radius 2 is 2.40 bits per heavy atom. The quantitative estimate of drug-likeness (QED) is 0.816. The molecule has 1 rings (SSSR count). The molecule has 1 amide bonds. The van der Waals surface area contributed by atoms with Crippen molar-refractivity contribution >= 4 is 17.2 Å². The topological polar surface area (TPSA) is 68.0 Å². The minimum atomic E-state index is -0.423. The standard InChI is InChI=1S/C10H17N3OS/c1-4-8(11)9(14)13-7(3)10-12-6(2)5-15-10/h5,7-8H,4,11H2,1-3H3,(H,13,14)/t7?,8-/m0/s1. The van der Waals surface area contributed by atoms with Crippen molar-refractivity contribution in [2.24, 2.45) is 5.73 Å². The Morgan fingerprint density at radius 3 is 2.87 bits per heavy atom. The van der Waals surface area contributed by atoms with Crippen molar-refractivity contribution in [3.8, 4) is 0 Å². The summed E-state index contributed by atoms with van der Waals surface area (Å²) in [6.07, 6.45) is 0.648. The van der Waals surface area contributed by atoms with Crippen molar-refractivity contribution in [2.45, 2.75) is 39.3 Å². The van der Waals surface area contributed by atoms with Crippen LogP contribution in [0.4, 0.5) is 0 Å². The molecule has 84 valence electrons. The number of amides is 1. The van der Waals surface area contributed by atoms with E-state index >= 15 is 0 Å². The molecule has 2 atom stereocenters. The third-order valence-corrected chi connectivity index (χ3v) is 3.29. The summed E-state index contributed by atoms with van der Waals surface area (Å²) in [4.78, 5) is 15.8. The number of carbonyl (C=O) groups is 1. The molecule has 0 fully saturated rings. The van der Waals surface area contributed by atoms with Crippen LogP contribution in [0.2, 0.25) is 0 Å². The van der Waals surface area contributed by atoms with E-state index in [1.54, 1.807) is 11.3 Å². The van der Waals surface area contributed by atoms with E-state index in [2.05, 4.69) is 10.3 Å². The molecule has 0 spiro atoms. The highest BCUT2D eigenvalue weighted by Crippen LogP contribution is 2.17. The Hall–Kier alpha value is -0.940. The van der Waals surface area contributed by atoms with Crippen LogP contribution in [-0.2, 0) is 4.79 Å². The summed E-state index contributed by atoms with van der Waals surface area (Å²) in [7, 11) is 0. The van der Waals surface area contributed by atoms with Crippen LogP contribution >= 0.6 is 11.3 Å². The van der Waals surface area contributed by atoms with Gasteiger partial charge in [0, 0.05) is 11.1 Å². The van der Waals surface area contributed by atoms with Crippen LogP contribution in [0.25, 0.3) is 0 Å². The largest absolute Gasteiger partial charge is 0.346 e. The van der Waals surface area contributed by atoms with Gasteiger partial charge in [-0.05, 0) is 20.3 Å². The Bertz CT molecular complexity index is 337. The van der Waals surface area contributed by atoms with Gasteiger partial charge in [-0.15, -0.1) is 11.3 Å². The molecule has 0 aromatic carbocycles. The van der Waals surface area contributed by atoms with Gasteiger partial charge in [-0.25, -0.2) is 4.98 Å². The number of nitrogens with two attached hydrogens (primary N) is 1. The lowest BCUT2D eigenvalue weighted by Gasteiger charge is -2.14. The molecule has 5 heteroatoms. The van der Waals surface area contributed by atoms with Crippen molar-refractivity contribution in [2.75, 3.05) is 0 Å². The normalized spacial score (nSPS) is 14.7. The monoisotopic (exact) mass is 227 g/mol. The third-order valence-electron chi connectivity index (χ3n) is 2.14. The predicted molar refractivity (Wildman–Crippen MR) is 61.7 cm³/mol. The van der Waals surface area contributed by atoms with Crippen LogP contribution in [0.1, 0.15) is 37.0 Å². The van der Waals surface area contributed by atoms with Crippen LogP contribution < -0.4 is 11.1 Å². The lowest BCUT2D eigenvalue weighted by Crippen LogP contribution is -2.41. The van der Waals surface area contributed by atoms with E-state index in [1.165, 1.54) is 0 Å². The summed E-state index contributed by atoms with van der Waals surface area (Å²) in [5, 5.41) is 5.73. The highest BCUT2D eigenvalue weighted by atomic mass is 32.1. The highest BCUT2D eigenvalue weighted by molar-refractivity contribution is 7.09. The number of nitrogens with zero attached hydrogens (tertiary/aromatic N) is 1. The van der Waals surface area contributed by atoms with Gasteiger partial charge in [0.05, 0.1) is 12.1 Å². The zero-order chi connectivity index (χ0) is 11.4. The van der Waals surface area contributed by atoms with Crippen molar-refractivity contribution in [1.82, 2.24) is 10.3 Å². The molecular weight excluding hydrogens is 210 g/mol. The summed E-state index contributed by atoms with van der Waals surface area (Å²) in [5.41, 5.74) is 6.60. The Kier molecular flexibility index (Phi) is 4.23. The zero-order valence-corrected chi connectivity index (χ0v) is 10.1. The molecular formula is C10H17N3OS. The van der Waals surface area contributed by atoms with Crippen LogP contribution in [-0.4, -0.2) is 16.9 Å². The van der Waals surface area contributed by atoms with Gasteiger partial charge >= 0.3 is 0 Å². The number of hydrogen-bond acceptors (Lipinski definition) is 4. The molecule has 1 aromatic heterocycles. The number of carbonyl (C=O) groups excluding carboxylic acids is 1. The molecule has 1 unspecified atom stereocenters. The van der Waals surface area contributed by atoms with Gasteiger partial charge in [0.25, 0.3) is 0 Å². The fourth-order valence-corrected chi connectivity index (χ4v) is 1.94. The second-order valence-corrected chi connectivity index (χ2v) is 4.46. The molecule has 4 nitrogen and oxygen atoms in total. The summed E-state index contributed by atoms with van der Waals surface area (Å²) < 4.78 is 0. The molecule has 0 saturated heterocycles. The highest BCUT2D eigenvalue weighted by Gasteiger charge is 2.16. The van der Waals surface area contributed by atoms with Crippen molar-refractivity contribution < 1.29 is 4.79 Å². The minimum Gasteiger partial charge on any atom is -0.346 e. The summed E-state index contributed by atoms with van der Waals surface area (Å²) in [6, 6.07) is -0.484. The van der Waals surface area contributed by atoms with Crippen LogP contribution in [0.5, 0.6) is 0 Å². The number of rotatable bonds is 4. The lowest BCUT2D eigenvalue weighted by molar-refractivity contribution is -0.123. The number of aryl methyl sites for hydroxylation is 1. The molecule has 0 aliphatic heterocycles. The van der Waals surface area contributed by atoms with E-state index in [0.717, 1.165) is 10.7 Å². The van der Waals surface area contributed by atoms with Crippen LogP contribution in [0.15, 0.2) is 5.38 Å². The lowest BCUT2D eigenvalue weighted by atomic mass is 10.2. The van der Waals surface area contributed by atoms with Gasteiger partial charge in [0.15, 0.2) is 0 Å². The maximum atomic E-state index is 11.5. The molecule has 0 radical (unpaired) electrons. The van der Waals surface area contributed by atoms with Gasteiger partial charge in [-0.1, -0.05) is 6.92 Å². The van der Waals surface area contributed by atoms with E-state index in [4.69, 9.17) is 5.73 Å². The minimum absolute atomic E-state index is 0.0613. The first-order valence-electron chi connectivity index (χ1n) is 5.02. The van der Waals surface area contributed by atoms with E-state index in [9.17, 15) is 4.79 Å². The summed E-state index contributed by atoms with van der Waals surface area (Å²) >= 11 is 1.55. The second kappa shape index (κ2) is 5.23. The molecule has 3 N–H and O–H groups in total. The predicted octanol–water partition coefficient (Wildman–Crippen LogP) is 1.37. The smallest absolute Gasteiger partial charge is 0.237 e. The van der Waals surface area contributed by atoms with E-state index in [1.807, 2.05) is 26.2 Å². The van der Waals surface area contributed by atoms with Gasteiger partial charge < -0.3 is 11.1 Å². The summed E-state index contributed by atoms with van der Waals surface area (Å²) in [6.45, 7) is 5.74. The van der Waals surface area contributed by atoms with E-state index in [0.29, 0.717) is 6.42 Å². The number of nitrogens with one attached hydrogen (secondary N) is 1. The molecule has 0 bridgehead atoms. The van der Waals surface area contributed by atoms with Crippen molar-refractivity contribution in [1.29, 1.82) is 0 Å². The molecule has 15 heavy (non-hydrogen) atoms. The Labute approximate surface area is 93.9 Å². The number of aromatic nitrogens is 1. The van der Waals surface area contributed by atoms with Crippen LogP contribution in [0, 0.1) is 6.92 Å². The maximum Gasteiger partial charge on any atom is 0.237 e. The molecule has 0 aliphatic carbocycles. The fourth-order valence-electron chi connectivity index (χ4n) is 1.14. The van der Waals surface area contributed by atoms with Gasteiger partial charge in [-0.2, -0.15) is 0 Å². The van der Waals surface area contributed by atoms with E-state index in [-0.39, 0.29) is 11.9 Å². The van der Waals surface area contributed by atoms with Crippen molar-refractivity contribution in [3.63, 3.8) is 0 Å². The van der Waals surface area contributed by atoms with Crippen LogP contribution in [0.3, 0.4) is 0 Å². The van der Waals surface area contributed by atoms with Gasteiger partial charge in [0.1, 0.15) is 5.01 Å². The first-order valence-corrected chi connectivity index (χ1v) is 5.90. The molecule has 1 heterocycles. The first kappa shape index (κ1) is 12.1. The third kappa shape index (κ3) is 3.28. The maximum absolute atomic E-state index is 11.5.